The summed E-state index contributed by atoms with van der Waals surface area (Å²) in [5.74, 6) is -3.26. The Bertz CT molecular complexity index is 661. The molecule has 2 aromatic carbocycles. The van der Waals surface area contributed by atoms with Crippen LogP contribution in [0.1, 0.15) is 21.5 Å². The van der Waals surface area contributed by atoms with E-state index in [2.05, 4.69) is 5.32 Å². The molecule has 2 aromatic rings. The SMILES string of the molecule is Cc1cccc(Nc2c(F)cc(C(=O)O)cc2F)c1C. The Balaban J connectivity index is 2.44. The van der Waals surface area contributed by atoms with Gasteiger partial charge >= 0.3 is 5.97 Å². The zero-order chi connectivity index (χ0) is 14.9. The number of aromatic carboxylic acids is 1. The van der Waals surface area contributed by atoms with E-state index in [1.54, 1.807) is 12.1 Å². The van der Waals surface area contributed by atoms with Crippen molar-refractivity contribution >= 4 is 17.3 Å². The van der Waals surface area contributed by atoms with Crippen LogP contribution in [-0.4, -0.2) is 11.1 Å². The molecule has 104 valence electrons. The molecule has 0 unspecified atom stereocenters. The van der Waals surface area contributed by atoms with Gasteiger partial charge in [-0.2, -0.15) is 0 Å². The Morgan fingerprint density at radius 1 is 1.15 bits per heavy atom. The van der Waals surface area contributed by atoms with Gasteiger partial charge in [0.2, 0.25) is 0 Å². The van der Waals surface area contributed by atoms with Crippen LogP contribution in [0.3, 0.4) is 0 Å². The van der Waals surface area contributed by atoms with Crippen molar-refractivity contribution in [3.05, 3.63) is 58.7 Å². The number of hydrogen-bond acceptors (Lipinski definition) is 2. The fraction of sp³-hybridized carbons (Fsp3) is 0.133. The lowest BCUT2D eigenvalue weighted by Gasteiger charge is -2.13. The standard InChI is InChI=1S/C15H13F2NO2/c1-8-4-3-5-13(9(8)2)18-14-11(16)6-10(15(19)20)7-12(14)17/h3-7,18H,1-2H3,(H,19,20). The molecule has 5 heteroatoms. The molecule has 2 N–H and O–H groups in total. The van der Waals surface area contributed by atoms with E-state index >= 15 is 0 Å². The molecule has 0 saturated heterocycles. The van der Waals surface area contributed by atoms with Gasteiger partial charge in [-0.1, -0.05) is 12.1 Å². The second-order valence-corrected chi connectivity index (χ2v) is 4.49. The van der Waals surface area contributed by atoms with Crippen molar-refractivity contribution in [2.24, 2.45) is 0 Å². The number of carboxylic acids is 1. The monoisotopic (exact) mass is 277 g/mol. The quantitative estimate of drug-likeness (QED) is 0.890. The lowest BCUT2D eigenvalue weighted by molar-refractivity contribution is 0.0696. The summed E-state index contributed by atoms with van der Waals surface area (Å²) in [5.41, 5.74) is 1.65. The molecule has 0 aliphatic rings. The van der Waals surface area contributed by atoms with Crippen LogP contribution in [0.5, 0.6) is 0 Å². The second kappa shape index (κ2) is 5.28. The predicted octanol–water partition coefficient (Wildman–Crippen LogP) is 4.02. The van der Waals surface area contributed by atoms with Gasteiger partial charge in [0.1, 0.15) is 5.69 Å². The zero-order valence-electron chi connectivity index (χ0n) is 11.0. The molecule has 0 bridgehead atoms. The number of aryl methyl sites for hydroxylation is 1. The average molecular weight is 277 g/mol. The number of carboxylic acid groups (broad SMARTS) is 1. The van der Waals surface area contributed by atoms with Crippen LogP contribution in [-0.2, 0) is 0 Å². The highest BCUT2D eigenvalue weighted by atomic mass is 19.1. The molecule has 0 atom stereocenters. The summed E-state index contributed by atoms with van der Waals surface area (Å²) in [6, 6.07) is 6.94. The van der Waals surface area contributed by atoms with E-state index in [1.165, 1.54) is 0 Å². The number of halogens is 2. The van der Waals surface area contributed by atoms with Crippen LogP contribution in [0, 0.1) is 25.5 Å². The van der Waals surface area contributed by atoms with E-state index in [-0.39, 0.29) is 5.69 Å². The van der Waals surface area contributed by atoms with E-state index < -0.39 is 23.2 Å². The van der Waals surface area contributed by atoms with Gasteiger partial charge in [-0.05, 0) is 43.2 Å². The third-order valence-corrected chi connectivity index (χ3v) is 3.15. The third-order valence-electron chi connectivity index (χ3n) is 3.15. The minimum atomic E-state index is -1.37. The Kier molecular flexibility index (Phi) is 3.70. The van der Waals surface area contributed by atoms with Crippen molar-refractivity contribution < 1.29 is 18.7 Å². The van der Waals surface area contributed by atoms with E-state index in [9.17, 15) is 13.6 Å². The summed E-state index contributed by atoms with van der Waals surface area (Å²) >= 11 is 0. The van der Waals surface area contributed by atoms with Crippen LogP contribution in [0.15, 0.2) is 30.3 Å². The zero-order valence-corrected chi connectivity index (χ0v) is 11.0. The summed E-state index contributed by atoms with van der Waals surface area (Å²) in [7, 11) is 0. The van der Waals surface area contributed by atoms with Gasteiger partial charge in [0.25, 0.3) is 0 Å². The maximum absolute atomic E-state index is 13.8. The van der Waals surface area contributed by atoms with Crippen molar-refractivity contribution in [3.63, 3.8) is 0 Å². The Morgan fingerprint density at radius 2 is 1.75 bits per heavy atom. The van der Waals surface area contributed by atoms with Crippen LogP contribution >= 0.6 is 0 Å². The topological polar surface area (TPSA) is 49.3 Å². The van der Waals surface area contributed by atoms with E-state index in [4.69, 9.17) is 5.11 Å². The van der Waals surface area contributed by atoms with Gasteiger partial charge in [0.15, 0.2) is 11.6 Å². The largest absolute Gasteiger partial charge is 0.478 e. The van der Waals surface area contributed by atoms with Gasteiger partial charge in [-0.15, -0.1) is 0 Å². The number of hydrogen-bond donors (Lipinski definition) is 2. The summed E-state index contributed by atoms with van der Waals surface area (Å²) in [6.07, 6.45) is 0. The molecular weight excluding hydrogens is 264 g/mol. The first-order valence-corrected chi connectivity index (χ1v) is 5.95. The fourth-order valence-electron chi connectivity index (χ4n) is 1.84. The molecule has 2 rings (SSSR count). The van der Waals surface area contributed by atoms with Gasteiger partial charge in [-0.25, -0.2) is 13.6 Å². The number of anilines is 2. The number of nitrogens with one attached hydrogen (secondary N) is 1. The molecule has 3 nitrogen and oxygen atoms in total. The number of benzene rings is 2. The molecule has 0 radical (unpaired) electrons. The fourth-order valence-corrected chi connectivity index (χ4v) is 1.84. The molecule has 0 fully saturated rings. The van der Waals surface area contributed by atoms with E-state index in [0.717, 1.165) is 23.3 Å². The number of carbonyl (C=O) groups is 1. The van der Waals surface area contributed by atoms with E-state index in [1.807, 2.05) is 19.9 Å². The minimum Gasteiger partial charge on any atom is -0.478 e. The van der Waals surface area contributed by atoms with Gasteiger partial charge < -0.3 is 10.4 Å². The lowest BCUT2D eigenvalue weighted by Crippen LogP contribution is -2.04. The maximum atomic E-state index is 13.8. The van der Waals surface area contributed by atoms with Crippen molar-refractivity contribution in [3.8, 4) is 0 Å². The van der Waals surface area contributed by atoms with Crippen molar-refractivity contribution in [2.75, 3.05) is 5.32 Å². The van der Waals surface area contributed by atoms with Gasteiger partial charge in [-0.3, -0.25) is 0 Å². The van der Waals surface area contributed by atoms with Crippen LogP contribution < -0.4 is 5.32 Å². The predicted molar refractivity (Wildman–Crippen MR) is 72.5 cm³/mol. The third kappa shape index (κ3) is 2.61. The molecule has 0 aromatic heterocycles. The Labute approximate surface area is 114 Å². The second-order valence-electron chi connectivity index (χ2n) is 4.49. The highest BCUT2D eigenvalue weighted by Crippen LogP contribution is 2.27. The highest BCUT2D eigenvalue weighted by Gasteiger charge is 2.15. The summed E-state index contributed by atoms with van der Waals surface area (Å²) in [6.45, 7) is 3.72. The normalized spacial score (nSPS) is 10.4. The molecule has 0 aliphatic carbocycles. The number of rotatable bonds is 3. The summed E-state index contributed by atoms with van der Waals surface area (Å²) in [4.78, 5) is 10.7. The van der Waals surface area contributed by atoms with E-state index in [0.29, 0.717) is 5.69 Å². The molecule has 0 aliphatic heterocycles. The first kappa shape index (κ1) is 14.0. The van der Waals surface area contributed by atoms with Crippen molar-refractivity contribution in [1.29, 1.82) is 0 Å². The van der Waals surface area contributed by atoms with Crippen molar-refractivity contribution in [2.45, 2.75) is 13.8 Å². The average Bonchev–Trinajstić information content (AvgIpc) is 2.38. The summed E-state index contributed by atoms with van der Waals surface area (Å²) < 4.78 is 27.6. The van der Waals surface area contributed by atoms with Crippen LogP contribution in [0.25, 0.3) is 0 Å². The van der Waals surface area contributed by atoms with Crippen LogP contribution in [0.4, 0.5) is 20.2 Å². The lowest BCUT2D eigenvalue weighted by atomic mass is 10.1. The smallest absolute Gasteiger partial charge is 0.335 e. The van der Waals surface area contributed by atoms with Crippen molar-refractivity contribution in [1.82, 2.24) is 0 Å². The van der Waals surface area contributed by atoms with Gasteiger partial charge in [0.05, 0.1) is 5.56 Å². The minimum absolute atomic E-state index is 0.358. The highest BCUT2D eigenvalue weighted by molar-refractivity contribution is 5.88. The van der Waals surface area contributed by atoms with Crippen LogP contribution in [0.2, 0.25) is 0 Å². The first-order chi connectivity index (χ1) is 9.40. The first-order valence-electron chi connectivity index (χ1n) is 5.95. The molecule has 0 heterocycles. The molecule has 0 spiro atoms. The Morgan fingerprint density at radius 3 is 2.30 bits per heavy atom. The van der Waals surface area contributed by atoms with Gasteiger partial charge in [0, 0.05) is 5.69 Å². The Hall–Kier alpha value is -2.43. The molecule has 0 saturated carbocycles. The molecule has 0 amide bonds. The maximum Gasteiger partial charge on any atom is 0.335 e. The molecular formula is C15H13F2NO2. The molecule has 20 heavy (non-hydrogen) atoms. The summed E-state index contributed by atoms with van der Waals surface area (Å²) in [5, 5.41) is 11.4.